The summed E-state index contributed by atoms with van der Waals surface area (Å²) in [6.07, 6.45) is 7.04. The average molecular weight is 322 g/mol. The third-order valence-corrected chi connectivity index (χ3v) is 4.57. The fourth-order valence-corrected chi connectivity index (χ4v) is 3.20. The van der Waals surface area contributed by atoms with Crippen molar-refractivity contribution >= 4 is 0 Å². The summed E-state index contributed by atoms with van der Waals surface area (Å²) in [7, 11) is 0. The second-order valence-corrected chi connectivity index (χ2v) is 6.15. The van der Waals surface area contributed by atoms with Gasteiger partial charge in [0.25, 0.3) is 0 Å². The minimum absolute atomic E-state index is 0.00809. The number of aromatic nitrogens is 1. The summed E-state index contributed by atoms with van der Waals surface area (Å²) < 4.78 is 13.6. The molecule has 0 bridgehead atoms. The van der Waals surface area contributed by atoms with E-state index in [1.165, 1.54) is 16.8 Å². The van der Waals surface area contributed by atoms with Crippen LogP contribution in [0.4, 0.5) is 0 Å². The molecule has 4 nitrogen and oxygen atoms in total. The van der Waals surface area contributed by atoms with Gasteiger partial charge in [0.2, 0.25) is 0 Å². The van der Waals surface area contributed by atoms with Crippen LogP contribution in [0.5, 0.6) is 0 Å². The maximum absolute atomic E-state index is 5.96. The molecule has 24 heavy (non-hydrogen) atoms. The maximum atomic E-state index is 5.96. The zero-order chi connectivity index (χ0) is 16.4. The Bertz CT molecular complexity index is 774. The van der Waals surface area contributed by atoms with Gasteiger partial charge in [0.1, 0.15) is 12.0 Å². The zero-order valence-electron chi connectivity index (χ0n) is 13.9. The predicted octanol–water partition coefficient (Wildman–Crippen LogP) is 4.16. The lowest BCUT2D eigenvalue weighted by molar-refractivity contribution is 0.0258. The van der Waals surface area contributed by atoms with Gasteiger partial charge in [0, 0.05) is 30.2 Å². The van der Waals surface area contributed by atoms with Gasteiger partial charge in [0.05, 0.1) is 19.4 Å². The fraction of sp³-hybridized carbons (Fsp3) is 0.300. The molecular weight excluding hydrogens is 300 g/mol. The quantitative estimate of drug-likeness (QED) is 0.706. The molecule has 0 radical (unpaired) electrons. The number of aryl methyl sites for hydroxylation is 1. The van der Waals surface area contributed by atoms with Gasteiger partial charge in [-0.2, -0.15) is 0 Å². The van der Waals surface area contributed by atoms with Crippen LogP contribution in [-0.4, -0.2) is 22.6 Å². The van der Waals surface area contributed by atoms with E-state index in [9.17, 15) is 0 Å². The van der Waals surface area contributed by atoms with E-state index in [2.05, 4.69) is 59.1 Å². The number of benzene rings is 1. The molecule has 1 atom stereocenters. The summed E-state index contributed by atoms with van der Waals surface area (Å²) in [5.41, 5.74) is 3.71. The average Bonchev–Trinajstić information content (AvgIpc) is 3.37. The van der Waals surface area contributed by atoms with Crippen LogP contribution in [0.3, 0.4) is 0 Å². The van der Waals surface area contributed by atoms with E-state index < -0.39 is 0 Å². The van der Waals surface area contributed by atoms with Gasteiger partial charge in [-0.3, -0.25) is 4.90 Å². The molecule has 3 aromatic rings. The van der Waals surface area contributed by atoms with E-state index in [1.807, 2.05) is 12.1 Å². The molecule has 1 aliphatic rings. The molecule has 0 aliphatic carbocycles. The van der Waals surface area contributed by atoms with Gasteiger partial charge >= 0.3 is 0 Å². The highest BCUT2D eigenvalue weighted by Gasteiger charge is 2.28. The normalized spacial score (nSPS) is 18.3. The SMILES string of the molecule is CCc1ccc(-n2ccc(C3OCCN3Cc3ccco3)c2)cc1. The Morgan fingerprint density at radius 3 is 2.75 bits per heavy atom. The highest BCUT2D eigenvalue weighted by molar-refractivity contribution is 5.36. The minimum Gasteiger partial charge on any atom is -0.468 e. The molecule has 0 N–H and O–H groups in total. The Balaban J connectivity index is 1.52. The van der Waals surface area contributed by atoms with Crippen molar-refractivity contribution in [3.8, 4) is 5.69 Å². The van der Waals surface area contributed by atoms with Crippen LogP contribution in [0, 0.1) is 0 Å². The zero-order valence-corrected chi connectivity index (χ0v) is 13.9. The van der Waals surface area contributed by atoms with Crippen LogP contribution < -0.4 is 0 Å². The summed E-state index contributed by atoms with van der Waals surface area (Å²) in [4.78, 5) is 2.30. The van der Waals surface area contributed by atoms with Crippen molar-refractivity contribution in [1.29, 1.82) is 0 Å². The number of ether oxygens (including phenoxy) is 1. The van der Waals surface area contributed by atoms with Crippen molar-refractivity contribution in [3.05, 3.63) is 78.0 Å². The molecule has 1 unspecified atom stereocenters. The molecule has 4 rings (SSSR count). The van der Waals surface area contributed by atoms with Crippen molar-refractivity contribution in [3.63, 3.8) is 0 Å². The Kier molecular flexibility index (Phi) is 4.24. The van der Waals surface area contributed by atoms with Crippen LogP contribution in [-0.2, 0) is 17.7 Å². The lowest BCUT2D eigenvalue weighted by Gasteiger charge is -2.21. The number of rotatable bonds is 5. The fourth-order valence-electron chi connectivity index (χ4n) is 3.20. The first-order valence-corrected chi connectivity index (χ1v) is 8.49. The third kappa shape index (κ3) is 3.03. The molecule has 1 aromatic carbocycles. The summed E-state index contributed by atoms with van der Waals surface area (Å²) in [5.74, 6) is 0.972. The Hall–Kier alpha value is -2.30. The smallest absolute Gasteiger partial charge is 0.138 e. The van der Waals surface area contributed by atoms with Gasteiger partial charge in [-0.25, -0.2) is 0 Å². The molecule has 1 aliphatic heterocycles. The summed E-state index contributed by atoms with van der Waals surface area (Å²) in [6, 6.07) is 14.8. The van der Waals surface area contributed by atoms with Crippen molar-refractivity contribution in [1.82, 2.24) is 9.47 Å². The van der Waals surface area contributed by atoms with Crippen LogP contribution >= 0.6 is 0 Å². The van der Waals surface area contributed by atoms with Crippen molar-refractivity contribution in [2.45, 2.75) is 26.1 Å². The molecule has 1 fully saturated rings. The van der Waals surface area contributed by atoms with E-state index in [4.69, 9.17) is 9.15 Å². The number of furan rings is 1. The van der Waals surface area contributed by atoms with Gasteiger partial charge in [-0.05, 0) is 42.3 Å². The molecule has 0 spiro atoms. The van der Waals surface area contributed by atoms with Crippen LogP contribution in [0.1, 0.15) is 30.0 Å². The Morgan fingerprint density at radius 2 is 2.00 bits per heavy atom. The second kappa shape index (κ2) is 6.67. The summed E-state index contributed by atoms with van der Waals surface area (Å²) in [5, 5.41) is 0. The van der Waals surface area contributed by atoms with Crippen molar-refractivity contribution in [2.75, 3.05) is 13.2 Å². The topological polar surface area (TPSA) is 30.5 Å². The monoisotopic (exact) mass is 322 g/mol. The molecule has 0 amide bonds. The van der Waals surface area contributed by atoms with Crippen LogP contribution in [0.25, 0.3) is 5.69 Å². The standard InChI is InChI=1S/C20H22N2O2/c1-2-16-5-7-18(8-6-16)21-10-9-17(14-21)20-22(11-13-24-20)15-19-4-3-12-23-19/h3-10,12,14,20H,2,11,13,15H2,1H3. The predicted molar refractivity (Wildman–Crippen MR) is 93.0 cm³/mol. The largest absolute Gasteiger partial charge is 0.468 e. The lowest BCUT2D eigenvalue weighted by atomic mass is 10.1. The Labute approximate surface area is 142 Å². The van der Waals surface area contributed by atoms with Gasteiger partial charge < -0.3 is 13.7 Å². The first-order valence-electron chi connectivity index (χ1n) is 8.49. The first-order chi connectivity index (χ1) is 11.8. The molecule has 0 saturated carbocycles. The van der Waals surface area contributed by atoms with E-state index in [0.717, 1.165) is 31.9 Å². The minimum atomic E-state index is -0.00809. The first kappa shape index (κ1) is 15.2. The van der Waals surface area contributed by atoms with Gasteiger partial charge in [-0.15, -0.1) is 0 Å². The molecular formula is C20H22N2O2. The van der Waals surface area contributed by atoms with Gasteiger partial charge in [-0.1, -0.05) is 19.1 Å². The molecule has 2 aromatic heterocycles. The van der Waals surface area contributed by atoms with E-state index in [1.54, 1.807) is 6.26 Å². The maximum Gasteiger partial charge on any atom is 0.138 e. The highest BCUT2D eigenvalue weighted by atomic mass is 16.5. The Morgan fingerprint density at radius 1 is 1.12 bits per heavy atom. The third-order valence-electron chi connectivity index (χ3n) is 4.57. The van der Waals surface area contributed by atoms with Crippen molar-refractivity contribution in [2.24, 2.45) is 0 Å². The highest BCUT2D eigenvalue weighted by Crippen LogP contribution is 2.29. The van der Waals surface area contributed by atoms with E-state index in [0.29, 0.717) is 0 Å². The van der Waals surface area contributed by atoms with Gasteiger partial charge in [0.15, 0.2) is 0 Å². The summed E-state index contributed by atoms with van der Waals surface area (Å²) >= 11 is 0. The number of nitrogens with zero attached hydrogens (tertiary/aromatic N) is 2. The molecule has 3 heterocycles. The second-order valence-electron chi connectivity index (χ2n) is 6.15. The van der Waals surface area contributed by atoms with Crippen LogP contribution in [0.2, 0.25) is 0 Å². The number of hydrogen-bond donors (Lipinski definition) is 0. The molecule has 1 saturated heterocycles. The molecule has 4 heteroatoms. The van der Waals surface area contributed by atoms with Crippen LogP contribution in [0.15, 0.2) is 65.5 Å². The van der Waals surface area contributed by atoms with Crippen molar-refractivity contribution < 1.29 is 9.15 Å². The van der Waals surface area contributed by atoms with E-state index >= 15 is 0 Å². The van der Waals surface area contributed by atoms with E-state index in [-0.39, 0.29) is 6.23 Å². The lowest BCUT2D eigenvalue weighted by Crippen LogP contribution is -2.22. The molecule has 124 valence electrons. The number of hydrogen-bond acceptors (Lipinski definition) is 3. The summed E-state index contributed by atoms with van der Waals surface area (Å²) in [6.45, 7) is 4.62.